The first kappa shape index (κ1) is 9.45. The minimum atomic E-state index is -3.85. The zero-order chi connectivity index (χ0) is 8.20. The summed E-state index contributed by atoms with van der Waals surface area (Å²) in [6.45, 7) is 1.71. The van der Waals surface area contributed by atoms with Gasteiger partial charge in [0.05, 0.1) is 5.75 Å². The second-order valence-corrected chi connectivity index (χ2v) is 3.47. The molecule has 0 unspecified atom stereocenters. The Kier molecular flexibility index (Phi) is 3.38. The van der Waals surface area contributed by atoms with Crippen LogP contribution in [0.1, 0.15) is 13.3 Å². The maximum Gasteiger partial charge on any atom is 0.265 e. The normalized spacial score (nSPS) is 13.6. The van der Waals surface area contributed by atoms with E-state index in [0.717, 1.165) is 0 Å². The number of hydrogen-bond donors (Lipinski definition) is 2. The van der Waals surface area contributed by atoms with Crippen molar-refractivity contribution in [3.05, 3.63) is 11.8 Å². The molecule has 0 aliphatic rings. The molecule has 0 spiro atoms. The van der Waals surface area contributed by atoms with E-state index >= 15 is 0 Å². The van der Waals surface area contributed by atoms with Gasteiger partial charge in [-0.15, -0.1) is 0 Å². The van der Waals surface area contributed by atoms with Gasteiger partial charge in [0.2, 0.25) is 0 Å². The molecule has 4 nitrogen and oxygen atoms in total. The molecule has 0 aromatic heterocycles. The molecule has 0 atom stereocenters. The van der Waals surface area contributed by atoms with Crippen LogP contribution in [-0.2, 0) is 10.1 Å². The molecule has 0 aromatic carbocycles. The number of nitrogens with two attached hydrogens (primary N) is 1. The highest BCUT2D eigenvalue weighted by atomic mass is 32.2. The first-order valence-electron chi connectivity index (χ1n) is 2.81. The Balaban J connectivity index is 3.79. The van der Waals surface area contributed by atoms with Crippen molar-refractivity contribution >= 4 is 10.1 Å². The van der Waals surface area contributed by atoms with Gasteiger partial charge in [-0.3, -0.25) is 4.55 Å². The van der Waals surface area contributed by atoms with Gasteiger partial charge in [-0.25, -0.2) is 0 Å². The Morgan fingerprint density at radius 1 is 1.70 bits per heavy atom. The Hall–Kier alpha value is -0.550. The fourth-order valence-electron chi connectivity index (χ4n) is 0.391. The lowest BCUT2D eigenvalue weighted by atomic mass is 10.3. The second-order valence-electron chi connectivity index (χ2n) is 1.90. The molecule has 0 rings (SSSR count). The molecule has 0 saturated heterocycles. The first-order chi connectivity index (χ1) is 4.45. The largest absolute Gasteiger partial charge is 0.402 e. The predicted octanol–water partition coefficient (Wildman–Crippen LogP) is 0.127. The summed E-state index contributed by atoms with van der Waals surface area (Å²) in [6, 6.07) is 0. The van der Waals surface area contributed by atoms with Crippen molar-refractivity contribution in [1.82, 2.24) is 0 Å². The van der Waals surface area contributed by atoms with Gasteiger partial charge >= 0.3 is 0 Å². The van der Waals surface area contributed by atoms with Crippen LogP contribution in [0, 0.1) is 0 Å². The molecule has 0 radical (unpaired) electrons. The van der Waals surface area contributed by atoms with Crippen molar-refractivity contribution in [2.45, 2.75) is 13.3 Å². The van der Waals surface area contributed by atoms with Gasteiger partial charge < -0.3 is 5.73 Å². The summed E-state index contributed by atoms with van der Waals surface area (Å²) in [5, 5.41) is 0. The van der Waals surface area contributed by atoms with Crippen LogP contribution in [-0.4, -0.2) is 18.7 Å². The third-order valence-electron chi connectivity index (χ3n) is 1.02. The van der Waals surface area contributed by atoms with Gasteiger partial charge in [0.25, 0.3) is 10.1 Å². The Morgan fingerprint density at radius 3 is 2.50 bits per heavy atom. The average molecular weight is 165 g/mol. The lowest BCUT2D eigenvalue weighted by Crippen LogP contribution is -2.08. The minimum absolute atomic E-state index is 0.190. The zero-order valence-electron chi connectivity index (χ0n) is 5.74. The van der Waals surface area contributed by atoms with E-state index in [4.69, 9.17) is 10.3 Å². The first-order valence-corrected chi connectivity index (χ1v) is 4.42. The van der Waals surface area contributed by atoms with Crippen LogP contribution in [0.4, 0.5) is 0 Å². The Bertz CT molecular complexity index is 217. The molecule has 0 heterocycles. The molecule has 0 amide bonds. The van der Waals surface area contributed by atoms with E-state index in [0.29, 0.717) is 5.70 Å². The monoisotopic (exact) mass is 165 g/mol. The van der Waals surface area contributed by atoms with Crippen LogP contribution >= 0.6 is 0 Å². The van der Waals surface area contributed by atoms with Crippen LogP contribution in [0.3, 0.4) is 0 Å². The molecule has 0 saturated carbocycles. The van der Waals surface area contributed by atoms with Gasteiger partial charge in [0.1, 0.15) is 0 Å². The molecular formula is C5H11NO3S. The number of allylic oxidation sites excluding steroid dienone is 2. The van der Waals surface area contributed by atoms with Crippen molar-refractivity contribution in [3.8, 4) is 0 Å². The van der Waals surface area contributed by atoms with Gasteiger partial charge in [-0.1, -0.05) is 6.08 Å². The third kappa shape index (κ3) is 5.58. The molecule has 60 valence electrons. The van der Waals surface area contributed by atoms with E-state index in [1.807, 2.05) is 0 Å². The van der Waals surface area contributed by atoms with Gasteiger partial charge in [0.15, 0.2) is 0 Å². The van der Waals surface area contributed by atoms with Crippen molar-refractivity contribution in [3.63, 3.8) is 0 Å². The van der Waals surface area contributed by atoms with Crippen molar-refractivity contribution in [2.24, 2.45) is 5.73 Å². The Labute approximate surface area is 60.5 Å². The lowest BCUT2D eigenvalue weighted by Gasteiger charge is -1.96. The van der Waals surface area contributed by atoms with Crippen molar-refractivity contribution < 1.29 is 13.0 Å². The highest BCUT2D eigenvalue weighted by Gasteiger charge is 2.03. The number of hydrogen-bond acceptors (Lipinski definition) is 3. The maximum atomic E-state index is 10.1. The smallest absolute Gasteiger partial charge is 0.265 e. The number of rotatable bonds is 3. The molecular weight excluding hydrogens is 154 g/mol. The predicted molar refractivity (Wildman–Crippen MR) is 39.0 cm³/mol. The van der Waals surface area contributed by atoms with Crippen molar-refractivity contribution in [1.29, 1.82) is 0 Å². The fourth-order valence-corrected chi connectivity index (χ4v) is 0.885. The fraction of sp³-hybridized carbons (Fsp3) is 0.600. The Morgan fingerprint density at radius 2 is 2.20 bits per heavy atom. The summed E-state index contributed by atoms with van der Waals surface area (Å²) >= 11 is 0. The highest BCUT2D eigenvalue weighted by molar-refractivity contribution is 7.85. The van der Waals surface area contributed by atoms with Gasteiger partial charge in [-0.05, 0) is 6.92 Å². The minimum Gasteiger partial charge on any atom is -0.402 e. The van der Waals surface area contributed by atoms with Crippen LogP contribution in [0.5, 0.6) is 0 Å². The van der Waals surface area contributed by atoms with E-state index in [1.165, 1.54) is 0 Å². The van der Waals surface area contributed by atoms with Crippen LogP contribution < -0.4 is 5.73 Å². The average Bonchev–Trinajstić information content (AvgIpc) is 1.81. The summed E-state index contributed by atoms with van der Waals surface area (Å²) in [4.78, 5) is 0. The molecule has 5 heteroatoms. The van der Waals surface area contributed by atoms with Crippen molar-refractivity contribution in [2.75, 3.05) is 5.75 Å². The zero-order valence-corrected chi connectivity index (χ0v) is 6.56. The van der Waals surface area contributed by atoms with E-state index in [2.05, 4.69) is 0 Å². The maximum absolute atomic E-state index is 10.1. The molecule has 0 fully saturated rings. The summed E-state index contributed by atoms with van der Waals surface area (Å²) in [7, 11) is -3.85. The van der Waals surface area contributed by atoms with Gasteiger partial charge in [-0.2, -0.15) is 8.42 Å². The summed E-state index contributed by atoms with van der Waals surface area (Å²) < 4.78 is 28.5. The molecule has 0 aromatic rings. The second kappa shape index (κ2) is 3.58. The molecule has 10 heavy (non-hydrogen) atoms. The van der Waals surface area contributed by atoms with Crippen LogP contribution in [0.15, 0.2) is 11.8 Å². The standard InChI is InChI=1S/C5H11NO3S/c1-2-5(6)3-4-10(7,8)9/h2H,3-4,6H2,1H3,(H,7,8,9). The highest BCUT2D eigenvalue weighted by Crippen LogP contribution is 1.95. The van der Waals surface area contributed by atoms with E-state index in [9.17, 15) is 8.42 Å². The van der Waals surface area contributed by atoms with E-state index < -0.39 is 10.1 Å². The lowest BCUT2D eigenvalue weighted by molar-refractivity contribution is 0.482. The topological polar surface area (TPSA) is 80.4 Å². The third-order valence-corrected chi connectivity index (χ3v) is 1.74. The summed E-state index contributed by atoms with van der Waals surface area (Å²) in [5.41, 5.74) is 5.74. The molecule has 0 bridgehead atoms. The quantitative estimate of drug-likeness (QED) is 0.582. The van der Waals surface area contributed by atoms with E-state index in [-0.39, 0.29) is 12.2 Å². The SMILES string of the molecule is CC=C(N)CCS(=O)(=O)O. The molecule has 0 aliphatic carbocycles. The molecule has 3 N–H and O–H groups in total. The summed E-state index contributed by atoms with van der Waals surface area (Å²) in [6.07, 6.45) is 1.79. The molecule has 0 aliphatic heterocycles. The van der Waals surface area contributed by atoms with Crippen LogP contribution in [0.2, 0.25) is 0 Å². The van der Waals surface area contributed by atoms with E-state index in [1.54, 1.807) is 13.0 Å². The summed E-state index contributed by atoms with van der Waals surface area (Å²) in [5.74, 6) is -0.302. The van der Waals surface area contributed by atoms with Crippen LogP contribution in [0.25, 0.3) is 0 Å². The van der Waals surface area contributed by atoms with Gasteiger partial charge in [0, 0.05) is 12.1 Å².